The van der Waals surface area contributed by atoms with E-state index in [0.717, 1.165) is 6.07 Å². The van der Waals surface area contributed by atoms with Crippen LogP contribution in [0.15, 0.2) is 23.1 Å². The summed E-state index contributed by atoms with van der Waals surface area (Å²) in [6, 6.07) is 2.56. The normalized spacial score (nSPS) is 9.67. The van der Waals surface area contributed by atoms with E-state index in [2.05, 4.69) is 15.1 Å². The van der Waals surface area contributed by atoms with Crippen LogP contribution in [0, 0.1) is 0 Å². The number of hydrogen-bond donors (Lipinski definition) is 1. The molecule has 2 heterocycles. The van der Waals surface area contributed by atoms with Gasteiger partial charge in [0.15, 0.2) is 5.82 Å². The first-order valence-corrected chi connectivity index (χ1v) is 3.93. The van der Waals surface area contributed by atoms with Crippen LogP contribution in [-0.2, 0) is 7.05 Å². The van der Waals surface area contributed by atoms with Crippen LogP contribution in [0.25, 0.3) is 11.5 Å². The second-order valence-corrected chi connectivity index (χ2v) is 2.81. The number of nitrogens with one attached hydrogen (secondary N) is 1. The average molecular weight is 198 g/mol. The van der Waals surface area contributed by atoms with Gasteiger partial charge in [0.1, 0.15) is 5.69 Å². The first kappa shape index (κ1) is 11.6. The van der Waals surface area contributed by atoms with Gasteiger partial charge in [0.05, 0.1) is 0 Å². The van der Waals surface area contributed by atoms with E-state index in [0.29, 0.717) is 5.69 Å². The number of nitrogens with zero attached hydrogens (tertiary/aromatic N) is 3. The molecular formula is C8H7LiN4O2. The third-order valence-electron chi connectivity index (χ3n) is 1.67. The number of aromatic nitrogens is 4. The van der Waals surface area contributed by atoms with E-state index in [9.17, 15) is 9.90 Å². The van der Waals surface area contributed by atoms with E-state index < -0.39 is 11.4 Å². The molecular weight excluding hydrogens is 191 g/mol. The van der Waals surface area contributed by atoms with Crippen molar-refractivity contribution in [3.8, 4) is 17.4 Å². The number of aromatic amines is 1. The van der Waals surface area contributed by atoms with Crippen LogP contribution in [0.5, 0.6) is 5.88 Å². The Labute approximate surface area is 97.2 Å². The van der Waals surface area contributed by atoms with Crippen LogP contribution in [0.2, 0.25) is 0 Å². The van der Waals surface area contributed by atoms with Crippen LogP contribution >= 0.6 is 0 Å². The Hall–Kier alpha value is -1.51. The number of rotatable bonds is 1. The smallest absolute Gasteiger partial charge is 0.858 e. The van der Waals surface area contributed by atoms with Crippen molar-refractivity contribution < 1.29 is 24.0 Å². The fourth-order valence-electron chi connectivity index (χ4n) is 1.10. The Morgan fingerprint density at radius 2 is 2.27 bits per heavy atom. The standard InChI is InChI=1S/C8H8N4O2.Li/c1-12-3-2-5(11-12)8-9-6(13)4-7(14)10-8;/h2-4H,1H3,(H2,9,10,13,14);/q;+1/p-1. The molecule has 72 valence electrons. The Bertz CT molecular complexity index is 519. The first-order valence-electron chi connectivity index (χ1n) is 3.93. The average Bonchev–Trinajstić information content (AvgIpc) is 2.50. The van der Waals surface area contributed by atoms with Gasteiger partial charge in [-0.1, -0.05) is 0 Å². The molecule has 0 bridgehead atoms. The molecule has 7 heteroatoms. The molecule has 0 aliphatic carbocycles. The molecule has 2 aromatic heterocycles. The molecule has 1 N–H and O–H groups in total. The molecule has 0 spiro atoms. The fourth-order valence-corrected chi connectivity index (χ4v) is 1.10. The molecule has 6 nitrogen and oxygen atoms in total. The van der Waals surface area contributed by atoms with E-state index in [4.69, 9.17) is 0 Å². The monoisotopic (exact) mass is 198 g/mol. The van der Waals surface area contributed by atoms with Gasteiger partial charge in [-0.2, -0.15) is 5.10 Å². The van der Waals surface area contributed by atoms with Crippen molar-refractivity contribution in [1.82, 2.24) is 19.7 Å². The van der Waals surface area contributed by atoms with Gasteiger partial charge < -0.3 is 10.1 Å². The minimum atomic E-state index is -0.561. The van der Waals surface area contributed by atoms with Crippen LogP contribution in [0.3, 0.4) is 0 Å². The molecule has 0 amide bonds. The Morgan fingerprint density at radius 1 is 1.53 bits per heavy atom. The van der Waals surface area contributed by atoms with Crippen LogP contribution in [0.4, 0.5) is 0 Å². The summed E-state index contributed by atoms with van der Waals surface area (Å²) in [6.45, 7) is 0. The van der Waals surface area contributed by atoms with Gasteiger partial charge in [-0.05, 0) is 11.9 Å². The largest absolute Gasteiger partial charge is 1.00 e. The summed E-state index contributed by atoms with van der Waals surface area (Å²) in [5, 5.41) is 14.9. The summed E-state index contributed by atoms with van der Waals surface area (Å²) in [6.07, 6.45) is 1.70. The fraction of sp³-hybridized carbons (Fsp3) is 0.125. The molecule has 15 heavy (non-hydrogen) atoms. The van der Waals surface area contributed by atoms with Crippen molar-refractivity contribution in [2.45, 2.75) is 0 Å². The van der Waals surface area contributed by atoms with Gasteiger partial charge in [0.25, 0.3) is 5.56 Å². The van der Waals surface area contributed by atoms with Crippen molar-refractivity contribution in [3.63, 3.8) is 0 Å². The van der Waals surface area contributed by atoms with E-state index >= 15 is 0 Å². The molecule has 0 unspecified atom stereocenters. The summed E-state index contributed by atoms with van der Waals surface area (Å²) in [5.41, 5.74) is 0.00736. The van der Waals surface area contributed by atoms with Gasteiger partial charge in [0, 0.05) is 19.3 Å². The van der Waals surface area contributed by atoms with Gasteiger partial charge in [0.2, 0.25) is 0 Å². The molecule has 0 fully saturated rings. The van der Waals surface area contributed by atoms with Crippen molar-refractivity contribution in [2.75, 3.05) is 0 Å². The third-order valence-corrected chi connectivity index (χ3v) is 1.67. The Balaban J connectivity index is 0.00000112. The van der Waals surface area contributed by atoms with Crippen LogP contribution in [0.1, 0.15) is 0 Å². The van der Waals surface area contributed by atoms with E-state index in [-0.39, 0.29) is 24.7 Å². The van der Waals surface area contributed by atoms with E-state index in [1.54, 1.807) is 24.0 Å². The maximum absolute atomic E-state index is 11.0. The summed E-state index contributed by atoms with van der Waals surface area (Å²) in [5.74, 6) is -0.363. The second kappa shape index (κ2) is 4.34. The van der Waals surface area contributed by atoms with Crippen molar-refractivity contribution in [3.05, 3.63) is 28.7 Å². The van der Waals surface area contributed by atoms with Gasteiger partial charge >= 0.3 is 18.9 Å². The molecule has 0 aliphatic heterocycles. The molecule has 0 radical (unpaired) electrons. The first-order chi connectivity index (χ1) is 6.65. The van der Waals surface area contributed by atoms with Crippen molar-refractivity contribution >= 4 is 0 Å². The summed E-state index contributed by atoms with van der Waals surface area (Å²) < 4.78 is 1.56. The topological polar surface area (TPSA) is 86.6 Å². The molecule has 0 aliphatic rings. The SMILES string of the molecule is Cn1ccc(-c2nc([O-])cc(=O)[nH]2)n1.[Li+]. The molecule has 0 saturated heterocycles. The number of H-pyrrole nitrogens is 1. The summed E-state index contributed by atoms with van der Waals surface area (Å²) in [4.78, 5) is 17.0. The zero-order valence-electron chi connectivity index (χ0n) is 8.39. The van der Waals surface area contributed by atoms with E-state index in [1.807, 2.05) is 0 Å². The van der Waals surface area contributed by atoms with Crippen molar-refractivity contribution in [2.24, 2.45) is 7.05 Å². The summed E-state index contributed by atoms with van der Waals surface area (Å²) >= 11 is 0. The van der Waals surface area contributed by atoms with Gasteiger partial charge in [-0.3, -0.25) is 9.48 Å². The quantitative estimate of drug-likeness (QED) is 0.477. The molecule has 2 rings (SSSR count). The zero-order chi connectivity index (χ0) is 10.1. The zero-order valence-corrected chi connectivity index (χ0v) is 8.39. The predicted molar refractivity (Wildman–Crippen MR) is 46.5 cm³/mol. The minimum absolute atomic E-state index is 0. The third kappa shape index (κ3) is 2.49. The molecule has 0 atom stereocenters. The minimum Gasteiger partial charge on any atom is -0.858 e. The van der Waals surface area contributed by atoms with Crippen LogP contribution in [-0.4, -0.2) is 19.7 Å². The Kier molecular flexibility index (Phi) is 3.34. The van der Waals surface area contributed by atoms with Crippen LogP contribution < -0.4 is 29.5 Å². The second-order valence-electron chi connectivity index (χ2n) is 2.81. The van der Waals surface area contributed by atoms with E-state index in [1.165, 1.54) is 0 Å². The maximum Gasteiger partial charge on any atom is 1.00 e. The predicted octanol–water partition coefficient (Wildman–Crippen LogP) is -3.75. The maximum atomic E-state index is 11.0. The molecule has 2 aromatic rings. The number of hydrogen-bond acceptors (Lipinski definition) is 4. The van der Waals surface area contributed by atoms with Crippen molar-refractivity contribution in [1.29, 1.82) is 0 Å². The summed E-state index contributed by atoms with van der Waals surface area (Å²) in [7, 11) is 1.74. The molecule has 0 aromatic carbocycles. The van der Waals surface area contributed by atoms with Gasteiger partial charge in [-0.25, -0.2) is 4.98 Å². The molecule has 0 saturated carbocycles. The van der Waals surface area contributed by atoms with Gasteiger partial charge in [-0.15, -0.1) is 0 Å². The number of aryl methyl sites for hydroxylation is 1. The Morgan fingerprint density at radius 3 is 2.80 bits per heavy atom.